The van der Waals surface area contributed by atoms with Crippen molar-refractivity contribution < 1.29 is 8.42 Å². The Morgan fingerprint density at radius 1 is 1.35 bits per heavy atom. The summed E-state index contributed by atoms with van der Waals surface area (Å²) in [6, 6.07) is 7.08. The van der Waals surface area contributed by atoms with E-state index in [1.54, 1.807) is 25.1 Å². The minimum Gasteiger partial charge on any atom is -0.384 e. The van der Waals surface area contributed by atoms with E-state index in [2.05, 4.69) is 5.32 Å². The molecule has 0 aliphatic heterocycles. The van der Waals surface area contributed by atoms with Gasteiger partial charge in [0.15, 0.2) is 9.84 Å². The van der Waals surface area contributed by atoms with Crippen LogP contribution in [-0.4, -0.2) is 26.8 Å². The van der Waals surface area contributed by atoms with E-state index in [1.165, 1.54) is 0 Å². The van der Waals surface area contributed by atoms with E-state index in [4.69, 9.17) is 5.73 Å². The molecule has 0 saturated heterocycles. The number of hydrogen-bond donors (Lipinski definition) is 2. The summed E-state index contributed by atoms with van der Waals surface area (Å²) in [6.07, 6.45) is 0.806. The van der Waals surface area contributed by atoms with Gasteiger partial charge in [-0.2, -0.15) is 0 Å². The van der Waals surface area contributed by atoms with Gasteiger partial charge in [0, 0.05) is 12.6 Å². The maximum atomic E-state index is 11.9. The summed E-state index contributed by atoms with van der Waals surface area (Å²) in [7, 11) is -3.17. The molecule has 0 heterocycles. The first-order valence-corrected chi connectivity index (χ1v) is 7.44. The quantitative estimate of drug-likeness (QED) is 0.811. The summed E-state index contributed by atoms with van der Waals surface area (Å²) < 4.78 is 23.7. The highest BCUT2D eigenvalue weighted by atomic mass is 32.2. The van der Waals surface area contributed by atoms with Gasteiger partial charge in [-0.3, -0.25) is 0 Å². The lowest BCUT2D eigenvalue weighted by molar-refractivity contribution is 0.597. The minimum atomic E-state index is -3.17. The first-order chi connectivity index (χ1) is 7.97. The van der Waals surface area contributed by atoms with Crippen LogP contribution in [0.4, 0.5) is 5.69 Å². The lowest BCUT2D eigenvalue weighted by Crippen LogP contribution is -2.19. The van der Waals surface area contributed by atoms with Crippen molar-refractivity contribution in [1.82, 2.24) is 0 Å². The number of para-hydroxylation sites is 1. The number of nitrogens with one attached hydrogen (secondary N) is 1. The molecule has 0 spiro atoms. The van der Waals surface area contributed by atoms with Crippen LogP contribution in [0.25, 0.3) is 0 Å². The van der Waals surface area contributed by atoms with E-state index in [1.807, 2.05) is 13.0 Å². The number of sulfone groups is 1. The zero-order valence-corrected chi connectivity index (χ0v) is 11.1. The number of rotatable bonds is 6. The Labute approximate surface area is 103 Å². The molecular formula is C12H20N2O2S. The van der Waals surface area contributed by atoms with Crippen LogP contribution >= 0.6 is 0 Å². The maximum absolute atomic E-state index is 11.9. The standard InChI is InChI=1S/C12H20N2O2S/c1-3-17(15,16)12-7-5-4-6-11(12)14-9-8-10(2)13/h4-7,10,14H,3,8-9,13H2,1-2H3. The number of anilines is 1. The molecule has 3 N–H and O–H groups in total. The van der Waals surface area contributed by atoms with Crippen molar-refractivity contribution in [3.63, 3.8) is 0 Å². The molecule has 0 radical (unpaired) electrons. The highest BCUT2D eigenvalue weighted by Crippen LogP contribution is 2.21. The molecule has 1 aromatic rings. The van der Waals surface area contributed by atoms with Gasteiger partial charge in [0.1, 0.15) is 0 Å². The number of nitrogens with two attached hydrogens (primary N) is 1. The van der Waals surface area contributed by atoms with Crippen molar-refractivity contribution in [3.05, 3.63) is 24.3 Å². The van der Waals surface area contributed by atoms with Gasteiger partial charge in [0.05, 0.1) is 16.3 Å². The van der Waals surface area contributed by atoms with Gasteiger partial charge >= 0.3 is 0 Å². The Morgan fingerprint density at radius 3 is 2.59 bits per heavy atom. The number of benzene rings is 1. The SMILES string of the molecule is CCS(=O)(=O)c1ccccc1NCCC(C)N. The molecule has 5 heteroatoms. The lowest BCUT2D eigenvalue weighted by atomic mass is 10.2. The van der Waals surface area contributed by atoms with Crippen LogP contribution in [0.2, 0.25) is 0 Å². The summed E-state index contributed by atoms with van der Waals surface area (Å²) >= 11 is 0. The third kappa shape index (κ3) is 4.02. The molecule has 0 aliphatic rings. The van der Waals surface area contributed by atoms with Crippen molar-refractivity contribution in [2.24, 2.45) is 5.73 Å². The highest BCUT2D eigenvalue weighted by molar-refractivity contribution is 7.91. The molecule has 0 aliphatic carbocycles. The molecule has 0 bridgehead atoms. The Bertz CT molecular complexity index is 455. The fourth-order valence-corrected chi connectivity index (χ4v) is 2.55. The molecule has 0 amide bonds. The average molecular weight is 256 g/mol. The second kappa shape index (κ2) is 6.02. The molecular weight excluding hydrogens is 236 g/mol. The van der Waals surface area contributed by atoms with Gasteiger partial charge < -0.3 is 11.1 Å². The first-order valence-electron chi connectivity index (χ1n) is 5.78. The van der Waals surface area contributed by atoms with Crippen LogP contribution in [0, 0.1) is 0 Å². The number of hydrogen-bond acceptors (Lipinski definition) is 4. The normalized spacial score (nSPS) is 13.4. The van der Waals surface area contributed by atoms with Crippen LogP contribution in [0.3, 0.4) is 0 Å². The van der Waals surface area contributed by atoms with E-state index >= 15 is 0 Å². The van der Waals surface area contributed by atoms with Crippen LogP contribution in [0.15, 0.2) is 29.2 Å². The topological polar surface area (TPSA) is 72.2 Å². The van der Waals surface area contributed by atoms with Crippen molar-refractivity contribution in [3.8, 4) is 0 Å². The Hall–Kier alpha value is -1.07. The summed E-state index contributed by atoms with van der Waals surface area (Å²) in [4.78, 5) is 0.368. The van der Waals surface area contributed by atoms with E-state index < -0.39 is 9.84 Å². The molecule has 1 aromatic carbocycles. The molecule has 17 heavy (non-hydrogen) atoms. The molecule has 96 valence electrons. The summed E-state index contributed by atoms with van der Waals surface area (Å²) in [5.41, 5.74) is 6.31. The first kappa shape index (κ1) is 14.0. The fraction of sp³-hybridized carbons (Fsp3) is 0.500. The molecule has 0 saturated carbocycles. The third-order valence-corrected chi connectivity index (χ3v) is 4.30. The van der Waals surface area contributed by atoms with E-state index in [0.717, 1.165) is 6.42 Å². The predicted molar refractivity (Wildman–Crippen MR) is 70.9 cm³/mol. The predicted octanol–water partition coefficient (Wildman–Crippen LogP) is 1.63. The molecule has 1 unspecified atom stereocenters. The van der Waals surface area contributed by atoms with Gasteiger partial charge in [-0.05, 0) is 25.5 Å². The van der Waals surface area contributed by atoms with Crippen molar-refractivity contribution in [1.29, 1.82) is 0 Å². The van der Waals surface area contributed by atoms with E-state index in [0.29, 0.717) is 17.1 Å². The van der Waals surface area contributed by atoms with Gasteiger partial charge in [-0.1, -0.05) is 19.1 Å². The lowest BCUT2D eigenvalue weighted by Gasteiger charge is -2.12. The van der Waals surface area contributed by atoms with Gasteiger partial charge in [0.2, 0.25) is 0 Å². The van der Waals surface area contributed by atoms with Crippen LogP contribution in [0.5, 0.6) is 0 Å². The second-order valence-electron chi connectivity index (χ2n) is 4.09. The van der Waals surface area contributed by atoms with Crippen molar-refractivity contribution in [2.45, 2.75) is 31.2 Å². The zero-order chi connectivity index (χ0) is 12.9. The van der Waals surface area contributed by atoms with E-state index in [-0.39, 0.29) is 11.8 Å². The van der Waals surface area contributed by atoms with Crippen LogP contribution in [-0.2, 0) is 9.84 Å². The molecule has 1 rings (SSSR count). The largest absolute Gasteiger partial charge is 0.384 e. The fourth-order valence-electron chi connectivity index (χ4n) is 1.47. The molecule has 0 aromatic heterocycles. The molecule has 0 fully saturated rings. The van der Waals surface area contributed by atoms with Gasteiger partial charge in [-0.25, -0.2) is 8.42 Å². The highest BCUT2D eigenvalue weighted by Gasteiger charge is 2.15. The second-order valence-corrected chi connectivity index (χ2v) is 6.34. The molecule has 4 nitrogen and oxygen atoms in total. The van der Waals surface area contributed by atoms with Crippen molar-refractivity contribution >= 4 is 15.5 Å². The zero-order valence-electron chi connectivity index (χ0n) is 10.3. The van der Waals surface area contributed by atoms with Crippen molar-refractivity contribution in [2.75, 3.05) is 17.6 Å². The Balaban J connectivity index is 2.86. The monoisotopic (exact) mass is 256 g/mol. The maximum Gasteiger partial charge on any atom is 0.180 e. The third-order valence-electron chi connectivity index (χ3n) is 2.52. The molecule has 1 atom stereocenters. The van der Waals surface area contributed by atoms with Gasteiger partial charge in [-0.15, -0.1) is 0 Å². The van der Waals surface area contributed by atoms with Crippen LogP contribution in [0.1, 0.15) is 20.3 Å². The van der Waals surface area contributed by atoms with Crippen LogP contribution < -0.4 is 11.1 Å². The Kier molecular flexibility index (Phi) is 4.96. The summed E-state index contributed by atoms with van der Waals surface area (Å²) in [5, 5.41) is 3.13. The Morgan fingerprint density at radius 2 is 2.00 bits per heavy atom. The summed E-state index contributed by atoms with van der Waals surface area (Å²) in [6.45, 7) is 4.25. The smallest absolute Gasteiger partial charge is 0.180 e. The average Bonchev–Trinajstić information content (AvgIpc) is 2.29. The van der Waals surface area contributed by atoms with Gasteiger partial charge in [0.25, 0.3) is 0 Å². The van der Waals surface area contributed by atoms with E-state index in [9.17, 15) is 8.42 Å². The minimum absolute atomic E-state index is 0.109. The summed E-state index contributed by atoms with van der Waals surface area (Å²) in [5.74, 6) is 0.110.